The van der Waals surface area contributed by atoms with Crippen LogP contribution in [0.15, 0.2) is 84.9 Å². The molecule has 3 aromatic carbocycles. The summed E-state index contributed by atoms with van der Waals surface area (Å²) in [5.74, 6) is 1.61. The fraction of sp³-hybridized carbons (Fsp3) is 0.415. The second-order valence-corrected chi connectivity index (χ2v) is 20.3. The SMILES string of the molecule is CC(C)[Si](Oc1ccc2c(c1)OC1(CCCC1)[C@@H]1C2=C[C@H](c2ccccc2)c2c1c(O)n(Cc1ccccc1)c2O)(C(C)C)C(C)C. The summed E-state index contributed by atoms with van der Waals surface area (Å²) < 4.78 is 16.0. The van der Waals surface area contributed by atoms with Crippen LogP contribution in [0.2, 0.25) is 16.6 Å². The van der Waals surface area contributed by atoms with Crippen LogP contribution in [-0.2, 0) is 6.54 Å². The first-order valence-electron chi connectivity index (χ1n) is 17.5. The van der Waals surface area contributed by atoms with Crippen LogP contribution in [0.5, 0.6) is 23.3 Å². The zero-order valence-corrected chi connectivity index (χ0v) is 29.7. The Kier molecular flexibility index (Phi) is 8.06. The van der Waals surface area contributed by atoms with Gasteiger partial charge in [0.1, 0.15) is 17.1 Å². The van der Waals surface area contributed by atoms with E-state index in [1.54, 1.807) is 4.57 Å². The Morgan fingerprint density at radius 3 is 2.02 bits per heavy atom. The first-order chi connectivity index (χ1) is 22.6. The van der Waals surface area contributed by atoms with E-state index in [2.05, 4.69) is 78.0 Å². The summed E-state index contributed by atoms with van der Waals surface area (Å²) in [5.41, 5.74) is 6.81. The van der Waals surface area contributed by atoms with Crippen molar-refractivity contribution in [1.29, 1.82) is 0 Å². The highest BCUT2D eigenvalue weighted by molar-refractivity contribution is 6.78. The molecule has 5 nitrogen and oxygen atoms in total. The van der Waals surface area contributed by atoms with Crippen molar-refractivity contribution in [3.63, 3.8) is 0 Å². The fourth-order valence-corrected chi connectivity index (χ4v) is 14.7. The van der Waals surface area contributed by atoms with E-state index in [1.165, 1.54) is 5.57 Å². The van der Waals surface area contributed by atoms with Crippen molar-refractivity contribution in [2.75, 3.05) is 0 Å². The first kappa shape index (κ1) is 31.7. The highest BCUT2D eigenvalue weighted by Gasteiger charge is 2.55. The number of aromatic hydroxyl groups is 2. The number of allylic oxidation sites excluding steroid dienone is 1. The largest absolute Gasteiger partial charge is 0.543 e. The monoisotopic (exact) mass is 647 g/mol. The normalized spacial score (nSPS) is 19.8. The number of aromatic nitrogens is 1. The molecule has 6 heteroatoms. The Morgan fingerprint density at radius 1 is 0.809 bits per heavy atom. The van der Waals surface area contributed by atoms with Crippen molar-refractivity contribution in [3.8, 4) is 23.3 Å². The maximum atomic E-state index is 12.1. The van der Waals surface area contributed by atoms with Gasteiger partial charge in [0.15, 0.2) is 11.8 Å². The molecule has 1 fully saturated rings. The Labute approximate surface area is 281 Å². The van der Waals surface area contributed by atoms with E-state index >= 15 is 0 Å². The van der Waals surface area contributed by atoms with Gasteiger partial charge < -0.3 is 19.4 Å². The number of nitrogens with zero attached hydrogens (tertiary/aromatic N) is 1. The number of hydrogen-bond acceptors (Lipinski definition) is 4. The lowest BCUT2D eigenvalue weighted by atomic mass is 9.65. The summed E-state index contributed by atoms with van der Waals surface area (Å²) in [6, 6.07) is 26.8. The minimum absolute atomic E-state index is 0.130. The van der Waals surface area contributed by atoms with Crippen molar-refractivity contribution in [1.82, 2.24) is 4.57 Å². The predicted molar refractivity (Wildman–Crippen MR) is 192 cm³/mol. The summed E-state index contributed by atoms with van der Waals surface area (Å²) in [6.45, 7) is 14.3. The molecule has 1 spiro atoms. The summed E-state index contributed by atoms with van der Waals surface area (Å²) in [7, 11) is -2.17. The average Bonchev–Trinajstić information content (AvgIpc) is 3.62. The molecule has 0 amide bonds. The molecule has 3 aliphatic rings. The van der Waals surface area contributed by atoms with E-state index in [-0.39, 0.29) is 23.6 Å². The van der Waals surface area contributed by atoms with Crippen LogP contribution in [0, 0.1) is 0 Å². The lowest BCUT2D eigenvalue weighted by Gasteiger charge is -2.47. The molecule has 1 saturated carbocycles. The summed E-state index contributed by atoms with van der Waals surface area (Å²) in [6.07, 6.45) is 6.25. The molecule has 7 rings (SSSR count). The lowest BCUT2D eigenvalue weighted by molar-refractivity contribution is 0.0543. The van der Waals surface area contributed by atoms with Gasteiger partial charge in [-0.05, 0) is 71.1 Å². The van der Waals surface area contributed by atoms with Gasteiger partial charge >= 0.3 is 0 Å². The van der Waals surface area contributed by atoms with Crippen LogP contribution >= 0.6 is 0 Å². The molecular formula is C41H49NO4Si. The van der Waals surface area contributed by atoms with E-state index < -0.39 is 13.9 Å². The Bertz CT molecular complexity index is 1760. The molecule has 246 valence electrons. The van der Waals surface area contributed by atoms with Crippen molar-refractivity contribution in [3.05, 3.63) is 113 Å². The van der Waals surface area contributed by atoms with Gasteiger partial charge in [0, 0.05) is 28.7 Å². The average molecular weight is 648 g/mol. The zero-order valence-electron chi connectivity index (χ0n) is 28.7. The third kappa shape index (κ3) is 5.02. The molecule has 0 unspecified atom stereocenters. The van der Waals surface area contributed by atoms with Crippen molar-refractivity contribution in [2.24, 2.45) is 0 Å². The molecule has 2 heterocycles. The molecule has 2 aliphatic carbocycles. The summed E-state index contributed by atoms with van der Waals surface area (Å²) >= 11 is 0. The molecular weight excluding hydrogens is 599 g/mol. The molecule has 0 saturated heterocycles. The smallest absolute Gasteiger partial charge is 0.258 e. The maximum Gasteiger partial charge on any atom is 0.258 e. The molecule has 1 aromatic heterocycles. The number of benzene rings is 3. The van der Waals surface area contributed by atoms with Gasteiger partial charge in [-0.2, -0.15) is 0 Å². The molecule has 47 heavy (non-hydrogen) atoms. The summed E-state index contributed by atoms with van der Waals surface area (Å²) in [5, 5.41) is 24.1. The number of ether oxygens (including phenoxy) is 1. The number of fused-ring (bicyclic) bond motifs is 6. The van der Waals surface area contributed by atoms with Gasteiger partial charge in [-0.1, -0.05) is 108 Å². The molecule has 2 N–H and O–H groups in total. The van der Waals surface area contributed by atoms with E-state index in [0.717, 1.165) is 65.0 Å². The van der Waals surface area contributed by atoms with Gasteiger partial charge in [0.2, 0.25) is 0 Å². The standard InChI is InChI=1S/C41H49NO4Si/c1-26(2)47(27(3)4,28(5)6)46-31-19-20-32-34-24-33(30-17-11-8-12-18-30)36-37(38(34)41(21-13-14-22-41)45-35(32)23-31)40(44)42(39(36)43)25-29-15-9-7-10-16-29/h7-12,15-20,23-24,26-28,33,38,43-44H,13-14,21-22,25H2,1-6H3/t33-,38-/m1/s1. The van der Waals surface area contributed by atoms with Crippen LogP contribution in [-0.4, -0.2) is 28.7 Å². The van der Waals surface area contributed by atoms with Crippen molar-refractivity contribution in [2.45, 2.75) is 108 Å². The zero-order chi connectivity index (χ0) is 33.1. The van der Waals surface area contributed by atoms with Gasteiger partial charge in [0.25, 0.3) is 8.32 Å². The minimum atomic E-state index is -2.17. The molecule has 1 aliphatic heterocycles. The lowest BCUT2D eigenvalue weighted by Crippen LogP contribution is -2.50. The first-order valence-corrected chi connectivity index (χ1v) is 19.7. The van der Waals surface area contributed by atoms with Crippen LogP contribution in [0.25, 0.3) is 5.57 Å². The quantitative estimate of drug-likeness (QED) is 0.187. The molecule has 0 radical (unpaired) electrons. The maximum absolute atomic E-state index is 12.1. The van der Waals surface area contributed by atoms with E-state index in [0.29, 0.717) is 23.2 Å². The second kappa shape index (κ2) is 12.0. The topological polar surface area (TPSA) is 63.8 Å². The van der Waals surface area contributed by atoms with Gasteiger partial charge in [-0.25, -0.2) is 0 Å². The van der Waals surface area contributed by atoms with Gasteiger partial charge in [-0.15, -0.1) is 0 Å². The van der Waals surface area contributed by atoms with Crippen LogP contribution < -0.4 is 9.16 Å². The van der Waals surface area contributed by atoms with E-state index in [1.807, 2.05) is 48.5 Å². The van der Waals surface area contributed by atoms with E-state index in [4.69, 9.17) is 9.16 Å². The highest BCUT2D eigenvalue weighted by Crippen LogP contribution is 2.63. The van der Waals surface area contributed by atoms with Crippen LogP contribution in [0.3, 0.4) is 0 Å². The Morgan fingerprint density at radius 2 is 1.40 bits per heavy atom. The molecule has 0 bridgehead atoms. The number of rotatable bonds is 8. The third-order valence-electron chi connectivity index (χ3n) is 11.4. The Balaban J connectivity index is 1.41. The molecule has 4 aromatic rings. The van der Waals surface area contributed by atoms with Gasteiger partial charge in [-0.3, -0.25) is 4.57 Å². The Hall–Kier alpha value is -3.90. The molecule has 2 atom stereocenters. The van der Waals surface area contributed by atoms with Crippen LogP contribution in [0.1, 0.15) is 107 Å². The van der Waals surface area contributed by atoms with E-state index in [9.17, 15) is 10.2 Å². The predicted octanol–water partition coefficient (Wildman–Crippen LogP) is 10.5. The fourth-order valence-electron chi connectivity index (χ4n) is 9.46. The number of hydrogen-bond donors (Lipinski definition) is 2. The second-order valence-electron chi connectivity index (χ2n) is 14.9. The third-order valence-corrected chi connectivity index (χ3v) is 17.4. The van der Waals surface area contributed by atoms with Crippen molar-refractivity contribution < 1.29 is 19.4 Å². The van der Waals surface area contributed by atoms with Crippen LogP contribution in [0.4, 0.5) is 0 Å². The highest BCUT2D eigenvalue weighted by atomic mass is 28.4. The van der Waals surface area contributed by atoms with Gasteiger partial charge in [0.05, 0.1) is 12.5 Å². The minimum Gasteiger partial charge on any atom is -0.543 e. The summed E-state index contributed by atoms with van der Waals surface area (Å²) in [4.78, 5) is 0. The van der Waals surface area contributed by atoms with Crippen molar-refractivity contribution >= 4 is 13.9 Å².